The Balaban J connectivity index is 3.06. The number of carbonyl (C=O) groups is 1. The molecule has 0 radical (unpaired) electrons. The molecule has 0 aromatic heterocycles. The molecule has 15 heavy (non-hydrogen) atoms. The van der Waals surface area contributed by atoms with E-state index in [2.05, 4.69) is 0 Å². The molecule has 1 aromatic carbocycles. The molecule has 80 valence electrons. The van der Waals surface area contributed by atoms with Gasteiger partial charge in [0.1, 0.15) is 0 Å². The number of ketones is 1. The summed E-state index contributed by atoms with van der Waals surface area (Å²) in [5.74, 6) is -0.160. The molecule has 0 aliphatic carbocycles. The van der Waals surface area contributed by atoms with Crippen molar-refractivity contribution in [2.45, 2.75) is 0 Å². The van der Waals surface area contributed by atoms with Crippen LogP contribution < -0.4 is 0 Å². The highest BCUT2D eigenvalue weighted by Gasteiger charge is 2.09. The quantitative estimate of drug-likeness (QED) is 0.342. The maximum atomic E-state index is 11.6. The van der Waals surface area contributed by atoms with Crippen LogP contribution in [-0.2, 0) is 0 Å². The van der Waals surface area contributed by atoms with Crippen molar-refractivity contribution in [3.8, 4) is 0 Å². The van der Waals surface area contributed by atoms with Gasteiger partial charge in [0.05, 0.1) is 4.92 Å². The van der Waals surface area contributed by atoms with Gasteiger partial charge in [-0.05, 0) is 12.5 Å². The van der Waals surface area contributed by atoms with E-state index in [9.17, 15) is 14.9 Å². The molecule has 5 heteroatoms. The second kappa shape index (κ2) is 4.84. The molecule has 1 aromatic rings. The highest BCUT2D eigenvalue weighted by Crippen LogP contribution is 2.13. The third-order valence-electron chi connectivity index (χ3n) is 1.68. The SMILES string of the molecule is CS(C)=CC(=O)c1cccc([N+](=O)[O-])c1. The molecule has 0 atom stereocenters. The van der Waals surface area contributed by atoms with Gasteiger partial charge < -0.3 is 0 Å². The maximum absolute atomic E-state index is 11.6. The van der Waals surface area contributed by atoms with Gasteiger partial charge in [-0.3, -0.25) is 14.9 Å². The lowest BCUT2D eigenvalue weighted by Crippen LogP contribution is -2.01. The average molecular weight is 225 g/mol. The Morgan fingerprint density at radius 3 is 2.67 bits per heavy atom. The second-order valence-electron chi connectivity index (χ2n) is 3.17. The summed E-state index contributed by atoms with van der Waals surface area (Å²) in [5.41, 5.74) is 0.312. The minimum Gasteiger partial charge on any atom is -0.289 e. The Bertz CT molecular complexity index is 436. The molecule has 0 bridgehead atoms. The van der Waals surface area contributed by atoms with Gasteiger partial charge in [-0.1, -0.05) is 12.1 Å². The van der Waals surface area contributed by atoms with Crippen LogP contribution in [0.5, 0.6) is 0 Å². The number of nitrogens with zero attached hydrogens (tertiary/aromatic N) is 1. The van der Waals surface area contributed by atoms with E-state index in [-0.39, 0.29) is 22.0 Å². The average Bonchev–Trinajstić information content (AvgIpc) is 2.17. The summed E-state index contributed by atoms with van der Waals surface area (Å²) < 4.78 is 0. The highest BCUT2D eigenvalue weighted by molar-refractivity contribution is 8.14. The normalized spacial score (nSPS) is 10.1. The monoisotopic (exact) mass is 225 g/mol. The van der Waals surface area contributed by atoms with Crippen molar-refractivity contribution < 1.29 is 9.72 Å². The van der Waals surface area contributed by atoms with Crippen LogP contribution in [0, 0.1) is 10.1 Å². The number of nitro benzene ring substituents is 1. The molecule has 0 unspecified atom stereocenters. The zero-order valence-electron chi connectivity index (χ0n) is 8.47. The summed E-state index contributed by atoms with van der Waals surface area (Å²) in [6, 6.07) is 5.77. The minimum atomic E-state index is -0.506. The fourth-order valence-corrected chi connectivity index (χ4v) is 1.62. The van der Waals surface area contributed by atoms with Crippen LogP contribution >= 0.6 is 10.5 Å². The number of benzene rings is 1. The summed E-state index contributed by atoms with van der Waals surface area (Å²) >= 11 is 0. The van der Waals surface area contributed by atoms with E-state index < -0.39 is 4.92 Å². The number of carbonyl (C=O) groups excluding carboxylic acids is 1. The number of non-ortho nitro benzene ring substituents is 1. The van der Waals surface area contributed by atoms with Gasteiger partial charge in [0.25, 0.3) is 5.69 Å². The minimum absolute atomic E-state index is 0.0543. The van der Waals surface area contributed by atoms with Gasteiger partial charge in [-0.25, -0.2) is 0 Å². The van der Waals surface area contributed by atoms with Gasteiger partial charge >= 0.3 is 0 Å². The molecule has 0 fully saturated rings. The van der Waals surface area contributed by atoms with E-state index in [1.165, 1.54) is 18.2 Å². The number of rotatable bonds is 3. The molecule has 1 rings (SSSR count). The van der Waals surface area contributed by atoms with Crippen molar-refractivity contribution in [1.82, 2.24) is 0 Å². The summed E-state index contributed by atoms with van der Waals surface area (Å²) in [5, 5.41) is 12.1. The van der Waals surface area contributed by atoms with Crippen molar-refractivity contribution in [3.63, 3.8) is 0 Å². The van der Waals surface area contributed by atoms with Gasteiger partial charge in [0.2, 0.25) is 0 Å². The van der Waals surface area contributed by atoms with Crippen LogP contribution in [0.1, 0.15) is 10.4 Å². The first-order chi connectivity index (χ1) is 7.00. The van der Waals surface area contributed by atoms with E-state index in [4.69, 9.17) is 0 Å². The molecule has 4 nitrogen and oxygen atoms in total. The second-order valence-corrected chi connectivity index (χ2v) is 5.16. The van der Waals surface area contributed by atoms with Crippen molar-refractivity contribution in [1.29, 1.82) is 0 Å². The van der Waals surface area contributed by atoms with Crippen LogP contribution in [0.15, 0.2) is 24.3 Å². The molecule has 0 heterocycles. The fourth-order valence-electron chi connectivity index (χ4n) is 1.05. The van der Waals surface area contributed by atoms with E-state index in [0.717, 1.165) is 0 Å². The molecule has 0 spiro atoms. The molecule has 0 N–H and O–H groups in total. The lowest BCUT2D eigenvalue weighted by molar-refractivity contribution is -0.384. The number of hydrogen-bond donors (Lipinski definition) is 0. The summed E-state index contributed by atoms with van der Waals surface area (Å²) in [6.45, 7) is 0. The van der Waals surface area contributed by atoms with E-state index in [1.54, 1.807) is 11.4 Å². The lowest BCUT2D eigenvalue weighted by Gasteiger charge is -1.97. The fraction of sp³-hybridized carbons (Fsp3) is 0.200. The van der Waals surface area contributed by atoms with E-state index >= 15 is 0 Å². The highest BCUT2D eigenvalue weighted by atomic mass is 32.2. The topological polar surface area (TPSA) is 60.2 Å². The van der Waals surface area contributed by atoms with Crippen molar-refractivity contribution in [2.75, 3.05) is 12.5 Å². The molecule has 0 saturated carbocycles. The Labute approximate surface area is 90.0 Å². The van der Waals surface area contributed by atoms with Crippen molar-refractivity contribution in [3.05, 3.63) is 39.9 Å². The maximum Gasteiger partial charge on any atom is 0.270 e. The van der Waals surface area contributed by atoms with Crippen LogP contribution in [0.2, 0.25) is 0 Å². The molecular weight excluding hydrogens is 214 g/mol. The first-order valence-electron chi connectivity index (χ1n) is 4.21. The van der Waals surface area contributed by atoms with Crippen LogP contribution in [0.3, 0.4) is 0 Å². The Morgan fingerprint density at radius 2 is 2.13 bits per heavy atom. The molecular formula is C10H11NO3S. The lowest BCUT2D eigenvalue weighted by atomic mass is 10.1. The van der Waals surface area contributed by atoms with Crippen LogP contribution in [0.4, 0.5) is 5.69 Å². The van der Waals surface area contributed by atoms with Crippen molar-refractivity contribution >= 4 is 27.3 Å². The zero-order chi connectivity index (χ0) is 11.4. The van der Waals surface area contributed by atoms with Gasteiger partial charge in [0, 0.05) is 23.1 Å². The van der Waals surface area contributed by atoms with E-state index in [1.807, 2.05) is 12.5 Å². The molecule has 0 amide bonds. The summed E-state index contributed by atoms with van der Waals surface area (Å²) in [4.78, 5) is 21.5. The molecule has 0 saturated heterocycles. The third-order valence-corrected chi connectivity index (χ3v) is 2.37. The first-order valence-corrected chi connectivity index (χ1v) is 6.31. The smallest absolute Gasteiger partial charge is 0.270 e. The van der Waals surface area contributed by atoms with Gasteiger partial charge in [0.15, 0.2) is 5.78 Å². The predicted octanol–water partition coefficient (Wildman–Crippen LogP) is 2.11. The standard InChI is InChI=1S/C10H11NO3S/c1-15(2)7-10(12)8-4-3-5-9(6-8)11(13)14/h3-7H,1-2H3. The molecule has 0 aliphatic rings. The number of Topliss-reactive ketones (excluding diaryl/α,β-unsaturated/α-hetero) is 1. The van der Waals surface area contributed by atoms with Crippen molar-refractivity contribution in [2.24, 2.45) is 0 Å². The molecule has 0 aliphatic heterocycles. The third kappa shape index (κ3) is 3.28. The first kappa shape index (κ1) is 11.6. The largest absolute Gasteiger partial charge is 0.289 e. The van der Waals surface area contributed by atoms with Crippen LogP contribution in [-0.4, -0.2) is 28.6 Å². The zero-order valence-corrected chi connectivity index (χ0v) is 9.28. The summed E-state index contributed by atoms with van der Waals surface area (Å²) in [6.07, 6.45) is 3.82. The Hall–Kier alpha value is -1.49. The Kier molecular flexibility index (Phi) is 3.74. The van der Waals surface area contributed by atoms with Gasteiger partial charge in [-0.15, -0.1) is 0 Å². The summed E-state index contributed by atoms with van der Waals surface area (Å²) in [7, 11) is -0.108. The number of hydrogen-bond acceptors (Lipinski definition) is 3. The van der Waals surface area contributed by atoms with Crippen LogP contribution in [0.25, 0.3) is 0 Å². The predicted molar refractivity (Wildman–Crippen MR) is 62.9 cm³/mol. The Morgan fingerprint density at radius 1 is 1.47 bits per heavy atom. The number of nitro groups is 1. The van der Waals surface area contributed by atoms with Gasteiger partial charge in [-0.2, -0.15) is 10.5 Å². The van der Waals surface area contributed by atoms with E-state index in [0.29, 0.717) is 5.56 Å².